The molecule has 1 aliphatic heterocycles. The second kappa shape index (κ2) is 6.81. The van der Waals surface area contributed by atoms with Gasteiger partial charge in [-0.05, 0) is 28.3 Å². The minimum absolute atomic E-state index is 0.110. The molecule has 1 heterocycles. The van der Waals surface area contributed by atoms with E-state index in [2.05, 4.69) is 0 Å². The third-order valence-corrected chi connectivity index (χ3v) is 5.40. The Hall–Kier alpha value is -2.67. The number of fused-ring (bicyclic) bond motifs is 3. The minimum atomic E-state index is -3.64. The molecule has 0 spiro atoms. The van der Waals surface area contributed by atoms with Crippen molar-refractivity contribution in [2.75, 3.05) is 0 Å². The lowest BCUT2D eigenvalue weighted by Gasteiger charge is -2.31. The number of ether oxygens (including phenoxy) is 1. The molecule has 138 valence electrons. The largest absolute Gasteiger partial charge is 0.480 e. The fourth-order valence-corrected chi connectivity index (χ4v) is 4.20. The summed E-state index contributed by atoms with van der Waals surface area (Å²) < 4.78 is 29.3. The van der Waals surface area contributed by atoms with Crippen molar-refractivity contribution in [3.05, 3.63) is 89.0 Å². The third-order valence-electron chi connectivity index (χ3n) is 4.67. The highest BCUT2D eigenvalue weighted by Gasteiger charge is 2.29. The van der Waals surface area contributed by atoms with Crippen LogP contribution in [0.5, 0.6) is 5.75 Å². The molecule has 3 aromatic rings. The van der Waals surface area contributed by atoms with Crippen molar-refractivity contribution in [2.24, 2.45) is 5.14 Å². The number of aliphatic hydroxyl groups excluding tert-OH is 1. The average molecular weight is 381 g/mol. The van der Waals surface area contributed by atoms with E-state index in [0.29, 0.717) is 11.3 Å². The van der Waals surface area contributed by atoms with Crippen LogP contribution in [0.4, 0.5) is 0 Å². The first-order valence-electron chi connectivity index (χ1n) is 8.54. The second-order valence-corrected chi connectivity index (χ2v) is 8.20. The molecule has 0 saturated heterocycles. The summed E-state index contributed by atoms with van der Waals surface area (Å²) in [7, 11) is -3.64. The first kappa shape index (κ1) is 17.7. The number of nitrogens with two attached hydrogens (primary N) is 1. The second-order valence-electron chi connectivity index (χ2n) is 6.59. The van der Waals surface area contributed by atoms with Crippen LogP contribution in [0.3, 0.4) is 0 Å². The number of hydrogen-bond acceptors (Lipinski definition) is 4. The lowest BCUT2D eigenvalue weighted by Crippen LogP contribution is -2.18. The molecule has 0 radical (unpaired) electrons. The topological polar surface area (TPSA) is 89.6 Å². The van der Waals surface area contributed by atoms with Gasteiger partial charge in [0.15, 0.2) is 0 Å². The van der Waals surface area contributed by atoms with Crippen molar-refractivity contribution >= 4 is 10.0 Å². The van der Waals surface area contributed by atoms with Crippen molar-refractivity contribution < 1.29 is 18.3 Å². The van der Waals surface area contributed by atoms with Gasteiger partial charge in [-0.25, -0.2) is 13.6 Å². The molecule has 0 aliphatic carbocycles. The Morgan fingerprint density at radius 2 is 1.78 bits per heavy atom. The molecule has 5 nitrogen and oxygen atoms in total. The van der Waals surface area contributed by atoms with E-state index in [0.717, 1.165) is 27.8 Å². The Bertz CT molecular complexity index is 1090. The Kier molecular flexibility index (Phi) is 4.47. The van der Waals surface area contributed by atoms with Crippen LogP contribution in [0.2, 0.25) is 0 Å². The summed E-state index contributed by atoms with van der Waals surface area (Å²) in [6, 6.07) is 20.8. The van der Waals surface area contributed by atoms with Gasteiger partial charge in [0, 0.05) is 11.1 Å². The normalized spacial score (nSPS) is 15.6. The van der Waals surface area contributed by atoms with Crippen molar-refractivity contribution in [1.29, 1.82) is 0 Å². The highest BCUT2D eigenvalue weighted by atomic mass is 32.2. The summed E-state index contributed by atoms with van der Waals surface area (Å²) in [5, 5.41) is 15.0. The predicted octanol–water partition coefficient (Wildman–Crippen LogP) is 3.12. The molecule has 0 saturated carbocycles. The van der Waals surface area contributed by atoms with Gasteiger partial charge in [0.25, 0.3) is 0 Å². The van der Waals surface area contributed by atoms with Gasteiger partial charge in [-0.15, -0.1) is 0 Å². The van der Waals surface area contributed by atoms with Gasteiger partial charge in [0.1, 0.15) is 11.9 Å². The van der Waals surface area contributed by atoms with Crippen molar-refractivity contribution in [3.63, 3.8) is 0 Å². The number of aliphatic hydroxyl groups is 1. The summed E-state index contributed by atoms with van der Waals surface area (Å²) in [5.41, 5.74) is 4.95. The molecule has 0 aromatic heterocycles. The zero-order valence-corrected chi connectivity index (χ0v) is 15.3. The number of rotatable bonds is 4. The van der Waals surface area contributed by atoms with E-state index in [1.54, 1.807) is 6.07 Å². The molecule has 1 atom stereocenters. The molecule has 3 N–H and O–H groups in total. The molecular weight excluding hydrogens is 362 g/mol. The Morgan fingerprint density at radius 3 is 2.48 bits per heavy atom. The fraction of sp³-hybridized carbons (Fsp3) is 0.143. The maximum Gasteiger partial charge on any atom is 0.213 e. The fourth-order valence-electron chi connectivity index (χ4n) is 3.56. The van der Waals surface area contributed by atoms with Crippen LogP contribution in [0.15, 0.2) is 66.7 Å². The summed E-state index contributed by atoms with van der Waals surface area (Å²) in [6.45, 7) is -0.110. The van der Waals surface area contributed by atoms with Crippen LogP contribution in [0.25, 0.3) is 11.1 Å². The zero-order chi connectivity index (χ0) is 19.0. The molecule has 4 rings (SSSR count). The van der Waals surface area contributed by atoms with E-state index in [1.807, 2.05) is 60.7 Å². The van der Waals surface area contributed by atoms with Gasteiger partial charge < -0.3 is 9.84 Å². The number of primary sulfonamides is 1. The minimum Gasteiger partial charge on any atom is -0.480 e. The van der Waals surface area contributed by atoms with Crippen LogP contribution in [-0.2, 0) is 22.4 Å². The standard InChI is InChI=1S/C21H19NO4S/c22-27(24,25)13-14-9-10-17-18(11-14)21(15-5-2-1-3-6-15)26-19-8-4-7-16(12-23)20(17)19/h1-11,21,23H,12-13H2,(H2,22,24,25). The molecule has 6 heteroatoms. The predicted molar refractivity (Wildman–Crippen MR) is 104 cm³/mol. The van der Waals surface area contributed by atoms with Gasteiger partial charge in [-0.2, -0.15) is 0 Å². The third kappa shape index (κ3) is 3.47. The monoisotopic (exact) mass is 381 g/mol. The number of hydrogen-bond donors (Lipinski definition) is 2. The summed E-state index contributed by atoms with van der Waals surface area (Å²) in [6.07, 6.45) is -0.372. The maximum atomic E-state index is 11.5. The Balaban J connectivity index is 1.93. The molecule has 0 fully saturated rings. The lowest BCUT2D eigenvalue weighted by atomic mass is 9.86. The first-order valence-corrected chi connectivity index (χ1v) is 10.3. The van der Waals surface area contributed by atoms with Crippen LogP contribution < -0.4 is 9.88 Å². The summed E-state index contributed by atoms with van der Waals surface area (Å²) in [4.78, 5) is 0. The highest BCUT2D eigenvalue weighted by molar-refractivity contribution is 7.88. The van der Waals surface area contributed by atoms with Gasteiger partial charge in [0.05, 0.1) is 12.4 Å². The molecule has 1 aliphatic rings. The number of benzene rings is 3. The van der Waals surface area contributed by atoms with E-state index in [4.69, 9.17) is 9.88 Å². The first-order chi connectivity index (χ1) is 13.0. The van der Waals surface area contributed by atoms with E-state index in [9.17, 15) is 13.5 Å². The molecule has 1 unspecified atom stereocenters. The quantitative estimate of drug-likeness (QED) is 0.727. The molecule has 3 aromatic carbocycles. The van der Waals surface area contributed by atoms with Crippen LogP contribution in [0.1, 0.15) is 28.4 Å². The van der Waals surface area contributed by atoms with E-state index >= 15 is 0 Å². The van der Waals surface area contributed by atoms with Gasteiger partial charge in [0.2, 0.25) is 10.0 Å². The SMILES string of the molecule is NS(=O)(=O)Cc1ccc2c(c1)C(c1ccccc1)Oc1cccc(CO)c1-2. The smallest absolute Gasteiger partial charge is 0.213 e. The Morgan fingerprint density at radius 1 is 1.00 bits per heavy atom. The van der Waals surface area contributed by atoms with E-state index < -0.39 is 10.0 Å². The summed E-state index contributed by atoms with van der Waals surface area (Å²) >= 11 is 0. The lowest BCUT2D eigenvalue weighted by molar-refractivity contribution is 0.240. The molecule has 27 heavy (non-hydrogen) atoms. The van der Waals surface area contributed by atoms with E-state index in [1.165, 1.54) is 0 Å². The van der Waals surface area contributed by atoms with E-state index in [-0.39, 0.29) is 18.5 Å². The highest BCUT2D eigenvalue weighted by Crippen LogP contribution is 2.46. The zero-order valence-electron chi connectivity index (χ0n) is 14.5. The maximum absolute atomic E-state index is 11.5. The van der Waals surface area contributed by atoms with Crippen molar-refractivity contribution in [1.82, 2.24) is 0 Å². The van der Waals surface area contributed by atoms with Crippen LogP contribution in [-0.4, -0.2) is 13.5 Å². The molecular formula is C21H19NO4S. The summed E-state index contributed by atoms with van der Waals surface area (Å²) in [5.74, 6) is 0.457. The van der Waals surface area contributed by atoms with Crippen molar-refractivity contribution in [2.45, 2.75) is 18.5 Å². The van der Waals surface area contributed by atoms with Gasteiger partial charge >= 0.3 is 0 Å². The number of sulfonamides is 1. The van der Waals surface area contributed by atoms with Crippen LogP contribution >= 0.6 is 0 Å². The Labute approximate surface area is 158 Å². The molecule has 0 amide bonds. The van der Waals surface area contributed by atoms with Gasteiger partial charge in [-0.1, -0.05) is 60.7 Å². The van der Waals surface area contributed by atoms with Crippen molar-refractivity contribution in [3.8, 4) is 16.9 Å². The average Bonchev–Trinajstić information content (AvgIpc) is 2.66. The van der Waals surface area contributed by atoms with Crippen LogP contribution in [0, 0.1) is 0 Å². The molecule has 0 bridgehead atoms. The van der Waals surface area contributed by atoms with Gasteiger partial charge in [-0.3, -0.25) is 0 Å².